The topological polar surface area (TPSA) is 70.7 Å². The molecule has 26 heavy (non-hydrogen) atoms. The highest BCUT2D eigenvalue weighted by molar-refractivity contribution is 6.00. The smallest absolute Gasteiger partial charge is 0.319 e. The van der Waals surface area contributed by atoms with Crippen LogP contribution in [0, 0.1) is 5.92 Å². The summed E-state index contributed by atoms with van der Waals surface area (Å²) < 4.78 is 5.77. The Morgan fingerprint density at radius 2 is 2.00 bits per heavy atom. The van der Waals surface area contributed by atoms with E-state index >= 15 is 0 Å². The SMILES string of the molecule is CC(C)CN1C(=O)C(C)Oc2cc(NC(=O)NC3CCCCC3)ccc21. The van der Waals surface area contributed by atoms with Gasteiger partial charge in [-0.25, -0.2) is 4.79 Å². The molecule has 142 valence electrons. The molecule has 1 aromatic rings. The standard InChI is InChI=1S/C20H29N3O3/c1-13(2)12-23-17-10-9-16(11-18(17)26-14(3)19(23)24)22-20(25)21-15-7-5-4-6-8-15/h9-11,13-15H,4-8,12H2,1-3H3,(H2,21,22,25). The van der Waals surface area contributed by atoms with Crippen molar-refractivity contribution in [1.29, 1.82) is 0 Å². The minimum atomic E-state index is -0.521. The highest BCUT2D eigenvalue weighted by Gasteiger charge is 2.32. The number of benzene rings is 1. The molecule has 2 aliphatic rings. The number of carbonyl (C=O) groups excluding carboxylic acids is 2. The van der Waals surface area contributed by atoms with Gasteiger partial charge in [-0.15, -0.1) is 0 Å². The summed E-state index contributed by atoms with van der Waals surface area (Å²) in [6.07, 6.45) is 5.18. The van der Waals surface area contributed by atoms with Gasteiger partial charge in [0.05, 0.1) is 5.69 Å². The first kappa shape index (κ1) is 18.5. The van der Waals surface area contributed by atoms with E-state index in [0.717, 1.165) is 18.5 Å². The summed E-state index contributed by atoms with van der Waals surface area (Å²) in [5.41, 5.74) is 1.43. The zero-order chi connectivity index (χ0) is 18.7. The summed E-state index contributed by atoms with van der Waals surface area (Å²) in [5.74, 6) is 0.964. The average molecular weight is 359 g/mol. The van der Waals surface area contributed by atoms with Gasteiger partial charge in [-0.3, -0.25) is 4.79 Å². The molecule has 0 radical (unpaired) electrons. The van der Waals surface area contributed by atoms with Crippen LogP contribution in [0.3, 0.4) is 0 Å². The number of urea groups is 1. The number of carbonyl (C=O) groups is 2. The molecule has 1 unspecified atom stereocenters. The van der Waals surface area contributed by atoms with Crippen molar-refractivity contribution in [3.8, 4) is 5.75 Å². The van der Waals surface area contributed by atoms with Gasteiger partial charge < -0.3 is 20.3 Å². The zero-order valence-corrected chi connectivity index (χ0v) is 15.9. The number of nitrogens with one attached hydrogen (secondary N) is 2. The van der Waals surface area contributed by atoms with Crippen molar-refractivity contribution in [3.63, 3.8) is 0 Å². The largest absolute Gasteiger partial charge is 0.479 e. The summed E-state index contributed by atoms with van der Waals surface area (Å²) in [6.45, 7) is 6.57. The zero-order valence-electron chi connectivity index (χ0n) is 15.9. The molecule has 1 aliphatic heterocycles. The van der Waals surface area contributed by atoms with Crippen LogP contribution in [-0.2, 0) is 4.79 Å². The second kappa shape index (κ2) is 7.98. The van der Waals surface area contributed by atoms with Crippen LogP contribution in [0.15, 0.2) is 18.2 Å². The van der Waals surface area contributed by atoms with E-state index in [1.165, 1.54) is 19.3 Å². The van der Waals surface area contributed by atoms with Crippen molar-refractivity contribution in [2.24, 2.45) is 5.92 Å². The Morgan fingerprint density at radius 3 is 2.69 bits per heavy atom. The lowest BCUT2D eigenvalue weighted by atomic mass is 9.96. The van der Waals surface area contributed by atoms with Crippen LogP contribution >= 0.6 is 0 Å². The molecule has 1 aromatic carbocycles. The van der Waals surface area contributed by atoms with Crippen molar-refractivity contribution in [2.75, 3.05) is 16.8 Å². The molecule has 6 heteroatoms. The predicted molar refractivity (Wildman–Crippen MR) is 103 cm³/mol. The molecule has 1 atom stereocenters. The molecule has 3 amide bonds. The maximum Gasteiger partial charge on any atom is 0.319 e. The van der Waals surface area contributed by atoms with Crippen LogP contribution in [0.25, 0.3) is 0 Å². The predicted octanol–water partition coefficient (Wildman–Crippen LogP) is 3.91. The van der Waals surface area contributed by atoms with E-state index in [1.54, 1.807) is 17.9 Å². The van der Waals surface area contributed by atoms with Gasteiger partial charge in [-0.2, -0.15) is 0 Å². The summed E-state index contributed by atoms with van der Waals surface area (Å²) in [5, 5.41) is 5.93. The molecule has 0 bridgehead atoms. The van der Waals surface area contributed by atoms with Crippen LogP contribution in [0.1, 0.15) is 52.9 Å². The molecular formula is C20H29N3O3. The Morgan fingerprint density at radius 1 is 1.27 bits per heavy atom. The Labute approximate surface area is 155 Å². The second-order valence-electron chi connectivity index (χ2n) is 7.72. The molecule has 1 aliphatic carbocycles. The minimum absolute atomic E-state index is 0.0260. The van der Waals surface area contributed by atoms with Crippen LogP contribution in [0.4, 0.5) is 16.2 Å². The van der Waals surface area contributed by atoms with Gasteiger partial charge in [0.25, 0.3) is 5.91 Å². The summed E-state index contributed by atoms with van der Waals surface area (Å²) in [7, 11) is 0. The Balaban J connectivity index is 1.70. The van der Waals surface area contributed by atoms with Crippen molar-refractivity contribution in [3.05, 3.63) is 18.2 Å². The highest BCUT2D eigenvalue weighted by Crippen LogP contribution is 2.36. The first-order valence-corrected chi connectivity index (χ1v) is 9.63. The number of rotatable bonds is 4. The molecule has 1 saturated carbocycles. The monoisotopic (exact) mass is 359 g/mol. The van der Waals surface area contributed by atoms with E-state index < -0.39 is 6.10 Å². The van der Waals surface area contributed by atoms with Gasteiger partial charge >= 0.3 is 6.03 Å². The number of anilines is 2. The van der Waals surface area contributed by atoms with Gasteiger partial charge in [-0.1, -0.05) is 33.1 Å². The number of hydrogen-bond donors (Lipinski definition) is 2. The van der Waals surface area contributed by atoms with Crippen molar-refractivity contribution >= 4 is 23.3 Å². The second-order valence-corrected chi connectivity index (χ2v) is 7.72. The third kappa shape index (κ3) is 4.29. The first-order chi connectivity index (χ1) is 12.4. The molecule has 2 N–H and O–H groups in total. The molecule has 0 spiro atoms. The third-order valence-electron chi connectivity index (χ3n) is 4.91. The maximum absolute atomic E-state index is 12.4. The summed E-state index contributed by atoms with van der Waals surface area (Å²) >= 11 is 0. The van der Waals surface area contributed by atoms with Crippen LogP contribution in [-0.4, -0.2) is 30.6 Å². The minimum Gasteiger partial charge on any atom is -0.479 e. The maximum atomic E-state index is 12.4. The van der Waals surface area contributed by atoms with Gasteiger partial charge in [0.1, 0.15) is 5.75 Å². The Hall–Kier alpha value is -2.24. The van der Waals surface area contributed by atoms with E-state index in [9.17, 15) is 9.59 Å². The van der Waals surface area contributed by atoms with Gasteiger partial charge in [-0.05, 0) is 37.8 Å². The van der Waals surface area contributed by atoms with Crippen LogP contribution in [0.5, 0.6) is 5.75 Å². The number of nitrogens with zero attached hydrogens (tertiary/aromatic N) is 1. The number of ether oxygens (including phenoxy) is 1. The Bertz CT molecular complexity index is 668. The normalized spacial score (nSPS) is 20.5. The summed E-state index contributed by atoms with van der Waals surface area (Å²) in [4.78, 5) is 26.5. The molecule has 0 saturated heterocycles. The third-order valence-corrected chi connectivity index (χ3v) is 4.91. The Kier molecular flexibility index (Phi) is 5.69. The lowest BCUT2D eigenvalue weighted by Crippen LogP contribution is -2.46. The van der Waals surface area contributed by atoms with Crippen LogP contribution in [0.2, 0.25) is 0 Å². The van der Waals surface area contributed by atoms with E-state index in [0.29, 0.717) is 23.9 Å². The van der Waals surface area contributed by atoms with Gasteiger partial charge in [0, 0.05) is 24.3 Å². The number of fused-ring (bicyclic) bond motifs is 1. The van der Waals surface area contributed by atoms with Gasteiger partial charge in [0.15, 0.2) is 6.10 Å². The fourth-order valence-electron chi connectivity index (χ4n) is 3.64. The van der Waals surface area contributed by atoms with E-state index in [-0.39, 0.29) is 18.0 Å². The van der Waals surface area contributed by atoms with Crippen LogP contribution < -0.4 is 20.3 Å². The fourth-order valence-corrected chi connectivity index (χ4v) is 3.64. The van der Waals surface area contributed by atoms with E-state index in [1.807, 2.05) is 12.1 Å². The van der Waals surface area contributed by atoms with Crippen molar-refractivity contribution in [2.45, 2.75) is 65.0 Å². The van der Waals surface area contributed by atoms with Crippen molar-refractivity contribution in [1.82, 2.24) is 5.32 Å². The first-order valence-electron chi connectivity index (χ1n) is 9.63. The number of hydrogen-bond acceptors (Lipinski definition) is 3. The van der Waals surface area contributed by atoms with E-state index in [2.05, 4.69) is 24.5 Å². The molecule has 3 rings (SSSR count). The fraction of sp³-hybridized carbons (Fsp3) is 0.600. The van der Waals surface area contributed by atoms with E-state index in [4.69, 9.17) is 4.74 Å². The molecular weight excluding hydrogens is 330 g/mol. The quantitative estimate of drug-likeness (QED) is 0.856. The molecule has 1 fully saturated rings. The molecule has 6 nitrogen and oxygen atoms in total. The molecule has 0 aromatic heterocycles. The summed E-state index contributed by atoms with van der Waals surface area (Å²) in [6, 6.07) is 5.54. The number of amides is 3. The van der Waals surface area contributed by atoms with Crippen molar-refractivity contribution < 1.29 is 14.3 Å². The lowest BCUT2D eigenvalue weighted by molar-refractivity contribution is -0.125. The lowest BCUT2D eigenvalue weighted by Gasteiger charge is -2.34. The molecule has 1 heterocycles. The highest BCUT2D eigenvalue weighted by atomic mass is 16.5. The van der Waals surface area contributed by atoms with Gasteiger partial charge in [0.2, 0.25) is 0 Å². The average Bonchev–Trinajstić information content (AvgIpc) is 2.59.